The smallest absolute Gasteiger partial charge is 0.382 e. The third-order valence-corrected chi connectivity index (χ3v) is 4.39. The lowest BCUT2D eigenvalue weighted by Crippen LogP contribution is -2.49. The summed E-state index contributed by atoms with van der Waals surface area (Å²) in [5, 5.41) is 9.72. The zero-order valence-corrected chi connectivity index (χ0v) is 11.4. The van der Waals surface area contributed by atoms with Gasteiger partial charge in [-0.15, -0.1) is 4.98 Å². The number of aromatic nitrogens is 1. The van der Waals surface area contributed by atoms with Crippen LogP contribution in [0.5, 0.6) is 0 Å². The van der Waals surface area contributed by atoms with Crippen molar-refractivity contribution in [1.82, 2.24) is 4.98 Å². The van der Waals surface area contributed by atoms with Gasteiger partial charge in [-0.1, -0.05) is 18.2 Å². The van der Waals surface area contributed by atoms with Crippen molar-refractivity contribution in [3.05, 3.63) is 28.7 Å². The van der Waals surface area contributed by atoms with Crippen molar-refractivity contribution in [1.29, 1.82) is 0 Å². The van der Waals surface area contributed by atoms with Crippen molar-refractivity contribution in [3.8, 4) is 0 Å². The predicted molar refractivity (Wildman–Crippen MR) is 70.3 cm³/mol. The first-order chi connectivity index (χ1) is 9.82. The highest BCUT2D eigenvalue weighted by Crippen LogP contribution is 2.53. The fourth-order valence-electron chi connectivity index (χ4n) is 3.04. The zero-order chi connectivity index (χ0) is 15.4. The Morgan fingerprint density at radius 3 is 2.81 bits per heavy atom. The number of fused-ring (bicyclic) bond motifs is 1. The van der Waals surface area contributed by atoms with Crippen molar-refractivity contribution < 1.29 is 18.3 Å². The molecule has 0 spiro atoms. The maximum Gasteiger partial charge on any atom is 0.416 e. The van der Waals surface area contributed by atoms with Crippen LogP contribution in [-0.4, -0.2) is 35.0 Å². The van der Waals surface area contributed by atoms with Gasteiger partial charge in [0.1, 0.15) is 6.20 Å². The van der Waals surface area contributed by atoms with Crippen molar-refractivity contribution in [3.63, 3.8) is 0 Å². The van der Waals surface area contributed by atoms with Crippen LogP contribution in [0.15, 0.2) is 12.3 Å². The van der Waals surface area contributed by atoms with E-state index in [0.717, 1.165) is 0 Å². The van der Waals surface area contributed by atoms with E-state index in [2.05, 4.69) is 9.83 Å². The van der Waals surface area contributed by atoms with Crippen LogP contribution in [0.2, 0.25) is 5.02 Å². The molecule has 1 aromatic rings. The second-order valence-corrected chi connectivity index (χ2v) is 5.81. The number of aliphatic hydroxyl groups excluding tert-OH is 1. The van der Waals surface area contributed by atoms with Crippen molar-refractivity contribution in [2.45, 2.75) is 24.7 Å². The average Bonchev–Trinajstić information content (AvgIpc) is 3.08. The fraction of sp³-hybridized carbons (Fsp3) is 0.538. The van der Waals surface area contributed by atoms with E-state index in [1.54, 1.807) is 0 Å². The molecular weight excluding hydrogens is 307 g/mol. The van der Waals surface area contributed by atoms with Gasteiger partial charge in [0.25, 0.3) is 5.82 Å². The Labute approximate surface area is 124 Å². The number of halogens is 4. The first-order valence-electron chi connectivity index (χ1n) is 6.37. The van der Waals surface area contributed by atoms with Crippen molar-refractivity contribution in [2.24, 2.45) is 11.8 Å². The molecule has 1 aromatic heterocycles. The van der Waals surface area contributed by atoms with E-state index in [0.29, 0.717) is 18.7 Å². The maximum atomic E-state index is 12.8. The lowest BCUT2D eigenvalue weighted by atomic mass is 10.1. The van der Waals surface area contributed by atoms with E-state index in [-0.39, 0.29) is 22.7 Å². The summed E-state index contributed by atoms with van der Waals surface area (Å²) >= 11 is 5.89. The van der Waals surface area contributed by atoms with Crippen LogP contribution < -0.4 is 4.90 Å². The molecule has 2 fully saturated rings. The van der Waals surface area contributed by atoms with Crippen LogP contribution in [-0.2, 0) is 0 Å². The SMILES string of the molecule is [C-]#[N+]c1ncc(N2C[C@H]3C[C@H]3[C@@H]2[C@H](O)C(F)(F)F)cc1Cl. The largest absolute Gasteiger partial charge is 0.416 e. The molecule has 112 valence electrons. The molecule has 1 aliphatic carbocycles. The number of piperidine rings is 1. The minimum absolute atomic E-state index is 0.0118. The van der Waals surface area contributed by atoms with Crippen LogP contribution in [0.1, 0.15) is 6.42 Å². The van der Waals surface area contributed by atoms with Gasteiger partial charge in [-0.05, 0) is 24.3 Å². The summed E-state index contributed by atoms with van der Waals surface area (Å²) in [7, 11) is 0. The second-order valence-electron chi connectivity index (χ2n) is 5.40. The van der Waals surface area contributed by atoms with Gasteiger partial charge in [-0.3, -0.25) is 0 Å². The highest BCUT2D eigenvalue weighted by molar-refractivity contribution is 6.33. The molecule has 1 aliphatic heterocycles. The molecule has 0 bridgehead atoms. The van der Waals surface area contributed by atoms with Crippen LogP contribution in [0, 0.1) is 18.4 Å². The first kappa shape index (κ1) is 14.4. The number of hydrogen-bond donors (Lipinski definition) is 1. The van der Waals surface area contributed by atoms with E-state index in [9.17, 15) is 18.3 Å². The average molecular weight is 318 g/mol. The number of aliphatic hydroxyl groups is 1. The summed E-state index contributed by atoms with van der Waals surface area (Å²) in [5.74, 6) is 0.0324. The van der Waals surface area contributed by atoms with Crippen molar-refractivity contribution >= 4 is 23.1 Å². The number of rotatable bonds is 2. The Hall–Kier alpha value is -1.52. The molecule has 0 radical (unpaired) electrons. The third kappa shape index (κ3) is 2.43. The number of alkyl halides is 3. The minimum atomic E-state index is -4.66. The number of anilines is 1. The fourth-order valence-corrected chi connectivity index (χ4v) is 3.24. The van der Waals surface area contributed by atoms with Crippen LogP contribution in [0.3, 0.4) is 0 Å². The summed E-state index contributed by atoms with van der Waals surface area (Å²) in [5.41, 5.74) is 0.410. The molecule has 3 rings (SSSR count). The Bertz CT molecular complexity index is 616. The van der Waals surface area contributed by atoms with Crippen molar-refractivity contribution in [2.75, 3.05) is 11.4 Å². The van der Waals surface area contributed by atoms with Gasteiger partial charge < -0.3 is 14.9 Å². The van der Waals surface area contributed by atoms with Crippen LogP contribution in [0.25, 0.3) is 4.85 Å². The van der Waals surface area contributed by atoms with E-state index >= 15 is 0 Å². The maximum absolute atomic E-state index is 12.8. The summed E-state index contributed by atoms with van der Waals surface area (Å²) < 4.78 is 38.5. The molecular formula is C13H11ClF3N3O. The van der Waals surface area contributed by atoms with E-state index < -0.39 is 18.3 Å². The van der Waals surface area contributed by atoms with Gasteiger partial charge in [-0.25, -0.2) is 0 Å². The number of nitrogens with zero attached hydrogens (tertiary/aromatic N) is 3. The summed E-state index contributed by atoms with van der Waals surface area (Å²) in [4.78, 5) is 8.46. The standard InChI is InChI=1S/C13H11ClF3N3O/c1-18-12-9(14)3-7(4-19-12)20-5-6-2-8(6)10(20)11(21)13(15,16)17/h3-4,6,8,10-11,21H,2,5H2/t6-,8-,10-,11+/m1/s1. The highest BCUT2D eigenvalue weighted by Gasteiger charge is 2.60. The third-order valence-electron chi connectivity index (χ3n) is 4.11. The normalized spacial score (nSPS) is 29.0. The lowest BCUT2D eigenvalue weighted by molar-refractivity contribution is -0.210. The van der Waals surface area contributed by atoms with Crippen LogP contribution >= 0.6 is 11.6 Å². The van der Waals surface area contributed by atoms with E-state index in [4.69, 9.17) is 18.2 Å². The second kappa shape index (κ2) is 4.75. The Kier molecular flexibility index (Phi) is 3.26. The van der Waals surface area contributed by atoms with Crippen LogP contribution in [0.4, 0.5) is 24.7 Å². The number of pyridine rings is 1. The van der Waals surface area contributed by atoms with Gasteiger partial charge in [0, 0.05) is 6.54 Å². The Morgan fingerprint density at radius 1 is 1.52 bits per heavy atom. The van der Waals surface area contributed by atoms with Gasteiger partial charge in [-0.2, -0.15) is 13.2 Å². The summed E-state index contributed by atoms with van der Waals surface area (Å²) in [6.45, 7) is 7.31. The first-order valence-corrected chi connectivity index (χ1v) is 6.75. The topological polar surface area (TPSA) is 40.7 Å². The minimum Gasteiger partial charge on any atom is -0.382 e. The van der Waals surface area contributed by atoms with E-state index in [1.807, 2.05) is 0 Å². The molecule has 4 atom stereocenters. The molecule has 2 aliphatic rings. The Morgan fingerprint density at radius 2 is 2.24 bits per heavy atom. The molecule has 2 heterocycles. The quantitative estimate of drug-likeness (QED) is 0.852. The lowest BCUT2D eigenvalue weighted by Gasteiger charge is -2.33. The molecule has 0 unspecified atom stereocenters. The summed E-state index contributed by atoms with van der Waals surface area (Å²) in [6.07, 6.45) is -5.02. The molecule has 1 saturated heterocycles. The molecule has 8 heteroatoms. The predicted octanol–water partition coefficient (Wildman–Crippen LogP) is 3.03. The molecule has 4 nitrogen and oxygen atoms in total. The van der Waals surface area contributed by atoms with Gasteiger partial charge >= 0.3 is 6.18 Å². The molecule has 21 heavy (non-hydrogen) atoms. The van der Waals surface area contributed by atoms with Gasteiger partial charge in [0.05, 0.1) is 16.8 Å². The molecule has 1 N–H and O–H groups in total. The van der Waals surface area contributed by atoms with E-state index in [1.165, 1.54) is 17.2 Å². The van der Waals surface area contributed by atoms with Gasteiger partial charge in [0.15, 0.2) is 6.10 Å². The number of hydrogen-bond acceptors (Lipinski definition) is 3. The molecule has 1 saturated carbocycles. The van der Waals surface area contributed by atoms with Gasteiger partial charge in [0.2, 0.25) is 0 Å². The molecule has 0 aromatic carbocycles. The highest BCUT2D eigenvalue weighted by atomic mass is 35.5. The zero-order valence-electron chi connectivity index (χ0n) is 10.7. The molecule has 0 amide bonds. The monoisotopic (exact) mass is 317 g/mol. The summed E-state index contributed by atoms with van der Waals surface area (Å²) in [6, 6.07) is 0.426. The Balaban J connectivity index is 1.91.